The first-order valence-corrected chi connectivity index (χ1v) is 10.1. The molecule has 1 N–H and O–H groups in total. The van der Waals surface area contributed by atoms with Crippen molar-refractivity contribution in [2.24, 2.45) is 0 Å². The van der Waals surface area contributed by atoms with E-state index in [-0.39, 0.29) is 41.8 Å². The molecule has 10 nitrogen and oxygen atoms in total. The molecular formula is C23H17FN6O4. The Morgan fingerprint density at radius 1 is 1.15 bits per heavy atom. The summed E-state index contributed by atoms with van der Waals surface area (Å²) in [6.45, 7) is -0.547. The number of amides is 1. The fraction of sp³-hybridized carbons (Fsp3) is 0.130. The molecule has 11 heteroatoms. The number of anilines is 1. The SMILES string of the molecule is N#Cc1cnn(-c2ccccc2)c1NC(=O)COC(=O)CCc1nc(-c2ccc(F)cc2)no1. The summed E-state index contributed by atoms with van der Waals surface area (Å²) < 4.78 is 24.5. The van der Waals surface area contributed by atoms with Crippen molar-refractivity contribution >= 4 is 17.7 Å². The molecule has 0 bridgehead atoms. The van der Waals surface area contributed by atoms with E-state index in [0.717, 1.165) is 0 Å². The van der Waals surface area contributed by atoms with Crippen molar-refractivity contribution in [2.75, 3.05) is 11.9 Å². The lowest BCUT2D eigenvalue weighted by atomic mass is 10.2. The molecule has 2 aromatic heterocycles. The maximum atomic E-state index is 13.0. The van der Waals surface area contributed by atoms with Crippen molar-refractivity contribution in [3.05, 3.63) is 78.1 Å². The van der Waals surface area contributed by atoms with Crippen LogP contribution in [-0.2, 0) is 20.7 Å². The first kappa shape index (κ1) is 22.3. The van der Waals surface area contributed by atoms with E-state index in [0.29, 0.717) is 11.3 Å². The van der Waals surface area contributed by atoms with E-state index in [1.54, 1.807) is 24.3 Å². The van der Waals surface area contributed by atoms with Gasteiger partial charge in [0.2, 0.25) is 11.7 Å². The second-order valence-electron chi connectivity index (χ2n) is 6.99. The number of esters is 1. The third-order valence-corrected chi connectivity index (χ3v) is 4.63. The van der Waals surface area contributed by atoms with Gasteiger partial charge in [-0.2, -0.15) is 15.3 Å². The monoisotopic (exact) mass is 460 g/mol. The van der Waals surface area contributed by atoms with Crippen LogP contribution in [0.3, 0.4) is 0 Å². The number of ether oxygens (including phenoxy) is 1. The number of para-hydroxylation sites is 1. The third kappa shape index (κ3) is 5.31. The van der Waals surface area contributed by atoms with Crippen LogP contribution in [0.25, 0.3) is 17.1 Å². The molecular weight excluding hydrogens is 443 g/mol. The number of benzene rings is 2. The molecule has 0 atom stereocenters. The molecule has 0 saturated heterocycles. The Morgan fingerprint density at radius 2 is 1.91 bits per heavy atom. The van der Waals surface area contributed by atoms with E-state index < -0.39 is 18.5 Å². The highest BCUT2D eigenvalue weighted by atomic mass is 19.1. The minimum atomic E-state index is -0.645. The van der Waals surface area contributed by atoms with Crippen LogP contribution in [0.5, 0.6) is 0 Å². The Bertz CT molecular complexity index is 1340. The van der Waals surface area contributed by atoms with Gasteiger partial charge in [-0.15, -0.1) is 0 Å². The van der Waals surface area contributed by atoms with Gasteiger partial charge < -0.3 is 14.6 Å². The van der Waals surface area contributed by atoms with Gasteiger partial charge >= 0.3 is 5.97 Å². The number of aryl methyl sites for hydroxylation is 1. The van der Waals surface area contributed by atoms with Gasteiger partial charge in [0.25, 0.3) is 5.91 Å². The molecule has 34 heavy (non-hydrogen) atoms. The largest absolute Gasteiger partial charge is 0.456 e. The molecule has 0 unspecified atom stereocenters. The number of rotatable bonds is 8. The van der Waals surface area contributed by atoms with Crippen LogP contribution in [0.2, 0.25) is 0 Å². The van der Waals surface area contributed by atoms with Crippen LogP contribution >= 0.6 is 0 Å². The number of aromatic nitrogens is 4. The first-order chi connectivity index (χ1) is 16.5. The Kier molecular flexibility index (Phi) is 6.69. The highest BCUT2D eigenvalue weighted by Gasteiger charge is 2.17. The van der Waals surface area contributed by atoms with E-state index >= 15 is 0 Å². The molecule has 2 heterocycles. The zero-order valence-electron chi connectivity index (χ0n) is 17.6. The van der Waals surface area contributed by atoms with Crippen molar-refractivity contribution in [1.29, 1.82) is 5.26 Å². The number of carbonyl (C=O) groups is 2. The maximum absolute atomic E-state index is 13.0. The van der Waals surface area contributed by atoms with Crippen molar-refractivity contribution < 1.29 is 23.2 Å². The average molecular weight is 460 g/mol. The van der Waals surface area contributed by atoms with Crippen molar-refractivity contribution in [3.63, 3.8) is 0 Å². The second kappa shape index (κ2) is 10.2. The normalized spacial score (nSPS) is 10.5. The van der Waals surface area contributed by atoms with E-state index in [1.165, 1.54) is 35.1 Å². The number of nitrogens with one attached hydrogen (secondary N) is 1. The van der Waals surface area contributed by atoms with Crippen molar-refractivity contribution in [3.8, 4) is 23.1 Å². The lowest BCUT2D eigenvalue weighted by Crippen LogP contribution is -2.23. The smallest absolute Gasteiger partial charge is 0.306 e. The van der Waals surface area contributed by atoms with E-state index in [9.17, 15) is 19.2 Å². The molecule has 0 aliphatic carbocycles. The molecule has 0 aliphatic rings. The summed E-state index contributed by atoms with van der Waals surface area (Å²) >= 11 is 0. The van der Waals surface area contributed by atoms with Gasteiger partial charge in [-0.25, -0.2) is 9.07 Å². The van der Waals surface area contributed by atoms with E-state index in [2.05, 4.69) is 20.6 Å². The van der Waals surface area contributed by atoms with Crippen molar-refractivity contribution in [1.82, 2.24) is 19.9 Å². The zero-order chi connectivity index (χ0) is 23.9. The Morgan fingerprint density at radius 3 is 2.65 bits per heavy atom. The number of carbonyl (C=O) groups excluding carboxylic acids is 2. The molecule has 0 spiro atoms. The molecule has 4 aromatic rings. The van der Waals surface area contributed by atoms with Gasteiger partial charge in [-0.1, -0.05) is 23.4 Å². The van der Waals surface area contributed by atoms with Gasteiger partial charge in [0.1, 0.15) is 17.4 Å². The van der Waals surface area contributed by atoms with Crippen LogP contribution in [0.15, 0.2) is 65.3 Å². The lowest BCUT2D eigenvalue weighted by Gasteiger charge is -2.10. The summed E-state index contributed by atoms with van der Waals surface area (Å²) in [5, 5.41) is 19.8. The number of hydrogen-bond acceptors (Lipinski definition) is 8. The first-order valence-electron chi connectivity index (χ1n) is 10.1. The van der Waals surface area contributed by atoms with Gasteiger partial charge in [0.05, 0.1) is 18.3 Å². The minimum absolute atomic E-state index is 0.0935. The zero-order valence-corrected chi connectivity index (χ0v) is 17.6. The van der Waals surface area contributed by atoms with Gasteiger partial charge in [0.15, 0.2) is 12.4 Å². The summed E-state index contributed by atoms with van der Waals surface area (Å²) in [5.74, 6) is -1.01. The van der Waals surface area contributed by atoms with E-state index in [1.807, 2.05) is 12.1 Å². The Balaban J connectivity index is 1.29. The molecule has 4 rings (SSSR count). The average Bonchev–Trinajstić information content (AvgIpc) is 3.49. The van der Waals surface area contributed by atoms with Crippen LogP contribution in [0.4, 0.5) is 10.2 Å². The third-order valence-electron chi connectivity index (χ3n) is 4.63. The molecule has 2 aromatic carbocycles. The highest BCUT2D eigenvalue weighted by molar-refractivity contribution is 5.93. The van der Waals surface area contributed by atoms with Crippen LogP contribution in [-0.4, -0.2) is 38.4 Å². The summed E-state index contributed by atoms with van der Waals surface area (Å²) in [4.78, 5) is 28.5. The predicted molar refractivity (Wildman–Crippen MR) is 116 cm³/mol. The quantitative estimate of drug-likeness (QED) is 0.396. The number of nitrogens with zero attached hydrogens (tertiary/aromatic N) is 5. The highest BCUT2D eigenvalue weighted by Crippen LogP contribution is 2.20. The number of nitriles is 1. The standard InChI is InChI=1S/C23H17FN6O4/c24-17-8-6-15(7-9-17)22-28-20(34-29-22)10-11-21(32)33-14-19(31)27-23-16(12-25)13-26-30(23)18-4-2-1-3-5-18/h1-9,13H,10-11,14H2,(H,27,31). The summed E-state index contributed by atoms with van der Waals surface area (Å²) in [6, 6.07) is 16.5. The van der Waals surface area contributed by atoms with Gasteiger partial charge in [-0.05, 0) is 36.4 Å². The topological polar surface area (TPSA) is 136 Å². The van der Waals surface area contributed by atoms with Crippen LogP contribution in [0, 0.1) is 17.1 Å². The summed E-state index contributed by atoms with van der Waals surface area (Å²) in [6.07, 6.45) is 1.34. The Hall–Kier alpha value is -4.85. The molecule has 0 radical (unpaired) electrons. The lowest BCUT2D eigenvalue weighted by molar-refractivity contribution is -0.147. The molecule has 1 amide bonds. The maximum Gasteiger partial charge on any atom is 0.306 e. The Labute approximate surface area is 192 Å². The molecule has 170 valence electrons. The fourth-order valence-corrected chi connectivity index (χ4v) is 2.98. The number of hydrogen-bond donors (Lipinski definition) is 1. The van der Waals surface area contributed by atoms with Crippen LogP contribution < -0.4 is 5.32 Å². The van der Waals surface area contributed by atoms with Gasteiger partial charge in [-0.3, -0.25) is 9.59 Å². The predicted octanol–water partition coefficient (Wildman–Crippen LogP) is 3.05. The number of halogens is 1. The van der Waals surface area contributed by atoms with Crippen molar-refractivity contribution in [2.45, 2.75) is 12.8 Å². The fourth-order valence-electron chi connectivity index (χ4n) is 2.98. The van der Waals surface area contributed by atoms with Crippen LogP contribution in [0.1, 0.15) is 17.9 Å². The minimum Gasteiger partial charge on any atom is -0.456 e. The second-order valence-corrected chi connectivity index (χ2v) is 6.99. The molecule has 0 aliphatic heterocycles. The molecule has 0 saturated carbocycles. The van der Waals surface area contributed by atoms with E-state index in [4.69, 9.17) is 9.26 Å². The van der Waals surface area contributed by atoms with Gasteiger partial charge in [0, 0.05) is 12.0 Å². The molecule has 0 fully saturated rings. The summed E-state index contributed by atoms with van der Waals surface area (Å²) in [7, 11) is 0. The summed E-state index contributed by atoms with van der Waals surface area (Å²) in [5.41, 5.74) is 1.38.